The molecular weight excluding hydrogens is 268 g/mol. The number of ether oxygens (including phenoxy) is 2. The maximum absolute atomic E-state index is 5.96. The van der Waals surface area contributed by atoms with Gasteiger partial charge in [0.25, 0.3) is 5.88 Å². The minimum Gasteiger partial charge on any atom is -0.490 e. The third-order valence-corrected chi connectivity index (χ3v) is 3.53. The molecule has 6 heteroatoms. The van der Waals surface area contributed by atoms with Crippen molar-refractivity contribution in [1.82, 2.24) is 15.0 Å². The largest absolute Gasteiger partial charge is 0.490 e. The summed E-state index contributed by atoms with van der Waals surface area (Å²) in [6, 6.07) is 3.77. The Bertz CT molecular complexity index is 571. The molecule has 110 valence electrons. The van der Waals surface area contributed by atoms with Crippen molar-refractivity contribution in [2.45, 2.75) is 18.9 Å². The van der Waals surface area contributed by atoms with Gasteiger partial charge in [0.2, 0.25) is 0 Å². The van der Waals surface area contributed by atoms with Gasteiger partial charge in [-0.25, -0.2) is 9.97 Å². The number of aromatic nitrogens is 3. The summed E-state index contributed by atoms with van der Waals surface area (Å²) >= 11 is 0. The Morgan fingerprint density at radius 1 is 1.05 bits per heavy atom. The van der Waals surface area contributed by atoms with Gasteiger partial charge in [0.05, 0.1) is 7.11 Å². The molecule has 0 radical (unpaired) electrons. The molecule has 0 N–H and O–H groups in total. The highest BCUT2D eigenvalue weighted by molar-refractivity contribution is 5.48. The Kier molecular flexibility index (Phi) is 4.14. The molecule has 21 heavy (non-hydrogen) atoms. The van der Waals surface area contributed by atoms with Crippen LogP contribution in [0.15, 0.2) is 36.9 Å². The van der Waals surface area contributed by atoms with Crippen LogP contribution in [0.4, 0.5) is 5.82 Å². The van der Waals surface area contributed by atoms with Crippen LogP contribution >= 0.6 is 0 Å². The van der Waals surface area contributed by atoms with Crippen LogP contribution in [0.3, 0.4) is 0 Å². The number of anilines is 1. The zero-order chi connectivity index (χ0) is 14.5. The molecule has 0 spiro atoms. The van der Waals surface area contributed by atoms with E-state index in [4.69, 9.17) is 9.47 Å². The molecule has 0 aromatic carbocycles. The summed E-state index contributed by atoms with van der Waals surface area (Å²) in [7, 11) is 1.62. The average molecular weight is 286 g/mol. The third kappa shape index (κ3) is 3.21. The molecule has 0 aliphatic carbocycles. The quantitative estimate of drug-likeness (QED) is 0.856. The van der Waals surface area contributed by atoms with Crippen molar-refractivity contribution in [3.8, 4) is 11.6 Å². The van der Waals surface area contributed by atoms with E-state index >= 15 is 0 Å². The first-order valence-corrected chi connectivity index (χ1v) is 7.03. The summed E-state index contributed by atoms with van der Waals surface area (Å²) in [5.74, 6) is 2.26. The summed E-state index contributed by atoms with van der Waals surface area (Å²) in [6.45, 7) is 1.76. The first-order chi connectivity index (χ1) is 10.4. The van der Waals surface area contributed by atoms with Crippen LogP contribution in [0.2, 0.25) is 0 Å². The summed E-state index contributed by atoms with van der Waals surface area (Å²) in [4.78, 5) is 14.8. The smallest absolute Gasteiger partial charge is 0.257 e. The van der Waals surface area contributed by atoms with Gasteiger partial charge in [0.1, 0.15) is 11.9 Å². The molecule has 3 heterocycles. The van der Waals surface area contributed by atoms with E-state index in [-0.39, 0.29) is 6.10 Å². The van der Waals surface area contributed by atoms with Crippen molar-refractivity contribution in [2.24, 2.45) is 0 Å². The second-order valence-corrected chi connectivity index (χ2v) is 4.88. The van der Waals surface area contributed by atoms with Crippen LogP contribution in [0.25, 0.3) is 0 Å². The predicted molar refractivity (Wildman–Crippen MR) is 78.7 cm³/mol. The monoisotopic (exact) mass is 286 g/mol. The Hall–Kier alpha value is -2.37. The van der Waals surface area contributed by atoms with Crippen LogP contribution < -0.4 is 14.4 Å². The molecule has 1 saturated heterocycles. The normalized spacial score (nSPS) is 15.8. The molecule has 2 aromatic heterocycles. The van der Waals surface area contributed by atoms with E-state index in [1.807, 2.05) is 12.1 Å². The summed E-state index contributed by atoms with van der Waals surface area (Å²) in [6.07, 6.45) is 8.94. The average Bonchev–Trinajstić information content (AvgIpc) is 2.56. The van der Waals surface area contributed by atoms with Gasteiger partial charge in [-0.2, -0.15) is 0 Å². The topological polar surface area (TPSA) is 60.4 Å². The van der Waals surface area contributed by atoms with E-state index in [9.17, 15) is 0 Å². The van der Waals surface area contributed by atoms with Crippen LogP contribution in [-0.4, -0.2) is 41.3 Å². The molecule has 0 bridgehead atoms. The van der Waals surface area contributed by atoms with E-state index in [0.29, 0.717) is 5.88 Å². The van der Waals surface area contributed by atoms with Crippen molar-refractivity contribution in [3.05, 3.63) is 36.9 Å². The minimum absolute atomic E-state index is 0.228. The number of pyridine rings is 1. The molecule has 0 amide bonds. The lowest BCUT2D eigenvalue weighted by Crippen LogP contribution is -2.39. The molecular formula is C15H18N4O2. The van der Waals surface area contributed by atoms with Crippen molar-refractivity contribution in [2.75, 3.05) is 25.1 Å². The van der Waals surface area contributed by atoms with Gasteiger partial charge in [-0.3, -0.25) is 4.98 Å². The zero-order valence-electron chi connectivity index (χ0n) is 12.0. The van der Waals surface area contributed by atoms with Crippen LogP contribution in [-0.2, 0) is 0 Å². The summed E-state index contributed by atoms with van der Waals surface area (Å²) in [5.41, 5.74) is 0. The third-order valence-electron chi connectivity index (χ3n) is 3.53. The standard InChI is InChI=1S/C15H18N4O2/c1-20-15-14(17-8-9-18-15)19-10-4-13(5-11-19)21-12-2-6-16-7-3-12/h2-3,6-9,13H,4-5,10-11H2,1H3. The number of piperidine rings is 1. The lowest BCUT2D eigenvalue weighted by atomic mass is 10.1. The van der Waals surface area contributed by atoms with Gasteiger partial charge in [-0.15, -0.1) is 0 Å². The number of hydrogen-bond acceptors (Lipinski definition) is 6. The van der Waals surface area contributed by atoms with E-state index in [0.717, 1.165) is 37.5 Å². The first kappa shape index (κ1) is 13.6. The Morgan fingerprint density at radius 3 is 2.48 bits per heavy atom. The molecule has 3 rings (SSSR count). The highest BCUT2D eigenvalue weighted by Gasteiger charge is 2.23. The predicted octanol–water partition coefficient (Wildman–Crippen LogP) is 1.93. The Morgan fingerprint density at radius 2 is 1.76 bits per heavy atom. The number of rotatable bonds is 4. The summed E-state index contributed by atoms with van der Waals surface area (Å²) < 4.78 is 11.2. The number of hydrogen-bond donors (Lipinski definition) is 0. The molecule has 0 unspecified atom stereocenters. The van der Waals surface area contributed by atoms with Gasteiger partial charge in [0, 0.05) is 50.7 Å². The van der Waals surface area contributed by atoms with Crippen molar-refractivity contribution in [3.63, 3.8) is 0 Å². The van der Waals surface area contributed by atoms with E-state index in [1.54, 1.807) is 31.9 Å². The van der Waals surface area contributed by atoms with Crippen LogP contribution in [0.5, 0.6) is 11.6 Å². The second kappa shape index (κ2) is 6.39. The van der Waals surface area contributed by atoms with Crippen LogP contribution in [0.1, 0.15) is 12.8 Å². The fourth-order valence-corrected chi connectivity index (χ4v) is 2.47. The van der Waals surface area contributed by atoms with Gasteiger partial charge in [-0.05, 0) is 12.1 Å². The lowest BCUT2D eigenvalue weighted by Gasteiger charge is -2.33. The Balaban J connectivity index is 1.60. The molecule has 1 aliphatic rings. The highest BCUT2D eigenvalue weighted by Crippen LogP contribution is 2.26. The maximum atomic E-state index is 5.96. The SMILES string of the molecule is COc1nccnc1N1CCC(Oc2ccncc2)CC1. The molecule has 6 nitrogen and oxygen atoms in total. The molecule has 2 aromatic rings. The number of nitrogens with zero attached hydrogens (tertiary/aromatic N) is 4. The van der Waals surface area contributed by atoms with Gasteiger partial charge in [0.15, 0.2) is 5.82 Å². The van der Waals surface area contributed by atoms with E-state index in [2.05, 4.69) is 19.9 Å². The lowest BCUT2D eigenvalue weighted by molar-refractivity contribution is 0.170. The van der Waals surface area contributed by atoms with Crippen molar-refractivity contribution >= 4 is 5.82 Å². The van der Waals surface area contributed by atoms with E-state index < -0.39 is 0 Å². The zero-order valence-corrected chi connectivity index (χ0v) is 12.0. The Labute approximate surface area is 123 Å². The molecule has 0 saturated carbocycles. The van der Waals surface area contributed by atoms with Crippen LogP contribution in [0, 0.1) is 0 Å². The van der Waals surface area contributed by atoms with Gasteiger partial charge < -0.3 is 14.4 Å². The highest BCUT2D eigenvalue weighted by atomic mass is 16.5. The minimum atomic E-state index is 0.228. The fourth-order valence-electron chi connectivity index (χ4n) is 2.47. The summed E-state index contributed by atoms with van der Waals surface area (Å²) in [5, 5.41) is 0. The van der Waals surface area contributed by atoms with Crippen molar-refractivity contribution < 1.29 is 9.47 Å². The van der Waals surface area contributed by atoms with Crippen molar-refractivity contribution in [1.29, 1.82) is 0 Å². The molecule has 1 fully saturated rings. The number of methoxy groups -OCH3 is 1. The fraction of sp³-hybridized carbons (Fsp3) is 0.400. The first-order valence-electron chi connectivity index (χ1n) is 7.03. The molecule has 0 atom stereocenters. The van der Waals surface area contributed by atoms with Gasteiger partial charge in [-0.1, -0.05) is 0 Å². The molecule has 1 aliphatic heterocycles. The van der Waals surface area contributed by atoms with E-state index in [1.165, 1.54) is 0 Å². The second-order valence-electron chi connectivity index (χ2n) is 4.88. The van der Waals surface area contributed by atoms with Gasteiger partial charge >= 0.3 is 0 Å². The maximum Gasteiger partial charge on any atom is 0.257 e.